The Hall–Kier alpha value is -3.24. The van der Waals surface area contributed by atoms with Crippen molar-refractivity contribution in [1.29, 1.82) is 5.26 Å². The Bertz CT molecular complexity index is 981. The van der Waals surface area contributed by atoms with Gasteiger partial charge in [0.1, 0.15) is 11.7 Å². The van der Waals surface area contributed by atoms with Crippen LogP contribution in [0, 0.1) is 24.2 Å². The maximum atomic E-state index is 12.7. The molecule has 0 fully saturated rings. The predicted molar refractivity (Wildman–Crippen MR) is 115 cm³/mol. The normalized spacial score (nSPS) is 18.4. The number of aryl methyl sites for hydroxylation is 1. The quantitative estimate of drug-likeness (QED) is 0.417. The van der Waals surface area contributed by atoms with E-state index >= 15 is 0 Å². The van der Waals surface area contributed by atoms with Crippen molar-refractivity contribution in [3.63, 3.8) is 0 Å². The van der Waals surface area contributed by atoms with Crippen molar-refractivity contribution in [2.45, 2.75) is 12.8 Å². The van der Waals surface area contributed by atoms with E-state index in [0.717, 1.165) is 11.3 Å². The number of nitriles is 1. The number of thioether (sulfide) groups is 1. The highest BCUT2D eigenvalue weighted by molar-refractivity contribution is 8.03. The molecule has 0 spiro atoms. The molecular formula is C23H22N2O4S. The average molecular weight is 423 g/mol. The molecule has 3 rings (SSSR count). The van der Waals surface area contributed by atoms with E-state index in [0.29, 0.717) is 28.5 Å². The molecule has 1 heterocycles. The van der Waals surface area contributed by atoms with Gasteiger partial charge in [0.25, 0.3) is 0 Å². The number of ether oxygens (including phenoxy) is 2. The van der Waals surface area contributed by atoms with E-state index in [9.17, 15) is 14.9 Å². The lowest BCUT2D eigenvalue weighted by Crippen LogP contribution is -2.44. The largest absolute Gasteiger partial charge is 0.493 e. The fraction of sp³-hybridized carbons (Fsp3) is 0.261. The van der Waals surface area contributed by atoms with E-state index in [-0.39, 0.29) is 0 Å². The van der Waals surface area contributed by atoms with Crippen LogP contribution in [0.15, 0.2) is 65.2 Å². The molecule has 6 nitrogen and oxygen atoms in total. The number of methoxy groups -OCH3 is 1. The molecule has 1 amide bonds. The third-order valence-corrected chi connectivity index (χ3v) is 5.74. The Kier molecular flexibility index (Phi) is 7.15. The lowest BCUT2D eigenvalue weighted by atomic mass is 9.78. The van der Waals surface area contributed by atoms with Gasteiger partial charge in [0, 0.05) is 11.7 Å². The Balaban J connectivity index is 1.80. The average Bonchev–Trinajstić information content (AvgIpc) is 2.77. The molecule has 0 saturated carbocycles. The number of allylic oxidation sites excluding steroid dienone is 1. The number of nitrogens with zero attached hydrogens (tertiary/aromatic N) is 1. The summed E-state index contributed by atoms with van der Waals surface area (Å²) in [4.78, 5) is 25.1. The number of rotatable bonds is 7. The highest BCUT2D eigenvalue weighted by atomic mass is 32.2. The summed E-state index contributed by atoms with van der Waals surface area (Å²) in [6, 6.07) is 19.0. The van der Waals surface area contributed by atoms with Crippen molar-refractivity contribution >= 4 is 23.6 Å². The van der Waals surface area contributed by atoms with Gasteiger partial charge < -0.3 is 14.8 Å². The highest BCUT2D eigenvalue weighted by Crippen LogP contribution is 2.40. The van der Waals surface area contributed by atoms with Crippen molar-refractivity contribution in [2.75, 3.05) is 19.5 Å². The second-order valence-electron chi connectivity index (χ2n) is 6.74. The van der Waals surface area contributed by atoms with Gasteiger partial charge in [-0.2, -0.15) is 5.26 Å². The molecule has 1 aliphatic heterocycles. The summed E-state index contributed by atoms with van der Waals surface area (Å²) in [6.45, 7) is 2.41. The van der Waals surface area contributed by atoms with E-state index in [4.69, 9.17) is 9.47 Å². The van der Waals surface area contributed by atoms with Crippen LogP contribution in [0.4, 0.5) is 0 Å². The van der Waals surface area contributed by atoms with Crippen LogP contribution in [0.5, 0.6) is 5.75 Å². The summed E-state index contributed by atoms with van der Waals surface area (Å²) in [5.74, 6) is -1.66. The molecule has 1 aliphatic rings. The summed E-state index contributed by atoms with van der Waals surface area (Å²) < 4.78 is 10.6. The zero-order valence-corrected chi connectivity index (χ0v) is 17.6. The van der Waals surface area contributed by atoms with Gasteiger partial charge >= 0.3 is 5.97 Å². The van der Waals surface area contributed by atoms with Crippen molar-refractivity contribution in [2.24, 2.45) is 5.92 Å². The lowest BCUT2D eigenvalue weighted by molar-refractivity contribution is -0.150. The van der Waals surface area contributed by atoms with Gasteiger partial charge in [-0.05, 0) is 24.6 Å². The first-order chi connectivity index (χ1) is 14.5. The number of nitrogens with one attached hydrogen (secondary N) is 1. The SMILES string of the molecule is COC(=O)[C@H]1C(=O)NC(SCCOc2ccc(C)cc2)=C(C#N)[C@H]1c1ccccc1. The van der Waals surface area contributed by atoms with Crippen LogP contribution in [-0.2, 0) is 14.3 Å². The molecular weight excluding hydrogens is 400 g/mol. The number of hydrogen-bond donors (Lipinski definition) is 1. The summed E-state index contributed by atoms with van der Waals surface area (Å²) in [7, 11) is 1.24. The van der Waals surface area contributed by atoms with E-state index in [1.165, 1.54) is 18.9 Å². The van der Waals surface area contributed by atoms with Crippen LogP contribution in [0.3, 0.4) is 0 Å². The van der Waals surface area contributed by atoms with Crippen LogP contribution in [-0.4, -0.2) is 31.3 Å². The summed E-state index contributed by atoms with van der Waals surface area (Å²) >= 11 is 1.32. The summed E-state index contributed by atoms with van der Waals surface area (Å²) in [6.07, 6.45) is 0. The minimum atomic E-state index is -1.11. The Labute approximate surface area is 179 Å². The third-order valence-electron chi connectivity index (χ3n) is 4.76. The third kappa shape index (κ3) is 4.84. The molecule has 0 aliphatic carbocycles. The maximum absolute atomic E-state index is 12.7. The number of amides is 1. The Morgan fingerprint density at radius 3 is 2.50 bits per heavy atom. The van der Waals surface area contributed by atoms with Gasteiger partial charge in [-0.3, -0.25) is 9.59 Å². The van der Waals surface area contributed by atoms with E-state index in [1.54, 1.807) is 12.1 Å². The molecule has 0 saturated heterocycles. The monoisotopic (exact) mass is 422 g/mol. The number of carbonyl (C=O) groups excluding carboxylic acids is 2. The smallest absolute Gasteiger partial charge is 0.319 e. The van der Waals surface area contributed by atoms with Gasteiger partial charge in [-0.15, -0.1) is 11.8 Å². The zero-order chi connectivity index (χ0) is 21.5. The molecule has 1 N–H and O–H groups in total. The lowest BCUT2D eigenvalue weighted by Gasteiger charge is -2.30. The van der Waals surface area contributed by atoms with Gasteiger partial charge in [0.05, 0.1) is 30.4 Å². The van der Waals surface area contributed by atoms with Crippen LogP contribution in [0.1, 0.15) is 17.0 Å². The molecule has 7 heteroatoms. The van der Waals surface area contributed by atoms with Crippen LogP contribution in [0.2, 0.25) is 0 Å². The van der Waals surface area contributed by atoms with Crippen LogP contribution < -0.4 is 10.1 Å². The molecule has 0 aromatic heterocycles. The fourth-order valence-electron chi connectivity index (χ4n) is 3.28. The molecule has 0 bridgehead atoms. The molecule has 2 aromatic carbocycles. The molecule has 0 radical (unpaired) electrons. The van der Waals surface area contributed by atoms with E-state index in [1.807, 2.05) is 49.4 Å². The number of carbonyl (C=O) groups is 2. The first-order valence-electron chi connectivity index (χ1n) is 9.45. The second kappa shape index (κ2) is 9.99. The van der Waals surface area contributed by atoms with Crippen molar-refractivity contribution < 1.29 is 19.1 Å². The minimum Gasteiger partial charge on any atom is -0.493 e. The van der Waals surface area contributed by atoms with E-state index in [2.05, 4.69) is 11.4 Å². The molecule has 2 atom stereocenters. The second-order valence-corrected chi connectivity index (χ2v) is 7.85. The summed E-state index contributed by atoms with van der Waals surface area (Å²) in [5.41, 5.74) is 2.21. The van der Waals surface area contributed by atoms with E-state index < -0.39 is 23.7 Å². The topological polar surface area (TPSA) is 88.4 Å². The van der Waals surface area contributed by atoms with Crippen LogP contribution in [0.25, 0.3) is 0 Å². The van der Waals surface area contributed by atoms with Crippen LogP contribution >= 0.6 is 11.8 Å². The fourth-order valence-corrected chi connectivity index (χ4v) is 4.15. The number of esters is 1. The standard InChI is InChI=1S/C23H22N2O4S/c1-15-8-10-17(11-9-15)29-12-13-30-22-18(14-24)19(16-6-4-3-5-7-16)20(21(26)25-22)23(27)28-2/h3-11,19-20H,12-13H2,1-2H3,(H,25,26)/t19-,20-/m1/s1. The Morgan fingerprint density at radius 2 is 1.87 bits per heavy atom. The Morgan fingerprint density at radius 1 is 1.17 bits per heavy atom. The first-order valence-corrected chi connectivity index (χ1v) is 10.4. The van der Waals surface area contributed by atoms with Crippen molar-refractivity contribution in [3.8, 4) is 11.8 Å². The number of hydrogen-bond acceptors (Lipinski definition) is 6. The van der Waals surface area contributed by atoms with Gasteiger partial charge in [-0.1, -0.05) is 48.0 Å². The van der Waals surface area contributed by atoms with Gasteiger partial charge in [0.2, 0.25) is 5.91 Å². The molecule has 30 heavy (non-hydrogen) atoms. The number of benzene rings is 2. The van der Waals surface area contributed by atoms with Crippen molar-refractivity contribution in [3.05, 3.63) is 76.3 Å². The maximum Gasteiger partial charge on any atom is 0.319 e. The predicted octanol–water partition coefficient (Wildman–Crippen LogP) is 3.55. The molecule has 154 valence electrons. The zero-order valence-electron chi connectivity index (χ0n) is 16.8. The van der Waals surface area contributed by atoms with Gasteiger partial charge in [0.15, 0.2) is 0 Å². The van der Waals surface area contributed by atoms with Gasteiger partial charge in [-0.25, -0.2) is 0 Å². The highest BCUT2D eigenvalue weighted by Gasteiger charge is 2.44. The summed E-state index contributed by atoms with van der Waals surface area (Å²) in [5, 5.41) is 13.0. The van der Waals surface area contributed by atoms with Crippen molar-refractivity contribution in [1.82, 2.24) is 5.32 Å². The molecule has 0 unspecified atom stereocenters. The molecule has 2 aromatic rings. The first kappa shape index (κ1) is 21.5. The minimum absolute atomic E-state index is 0.344.